The van der Waals surface area contributed by atoms with E-state index in [9.17, 15) is 0 Å². The molecule has 0 bridgehead atoms. The third kappa shape index (κ3) is 6.88. The Kier molecular flexibility index (Phi) is 10.0. The van der Waals surface area contributed by atoms with Gasteiger partial charge in [0.05, 0.1) is 0 Å². The van der Waals surface area contributed by atoms with Gasteiger partial charge < -0.3 is 47.8 Å². The summed E-state index contributed by atoms with van der Waals surface area (Å²) in [5.74, 6) is -0.378. The molecule has 2 aromatic rings. The fraction of sp³-hybridized carbons (Fsp3) is 0.500. The van der Waals surface area contributed by atoms with Gasteiger partial charge in [-0.3, -0.25) is 14.7 Å². The predicted molar refractivity (Wildman–Crippen MR) is 103 cm³/mol. The zero-order valence-electron chi connectivity index (χ0n) is 15.7. The van der Waals surface area contributed by atoms with Crippen molar-refractivity contribution in [3.05, 3.63) is 0 Å². The minimum atomic E-state index is -0.601. The molecule has 0 unspecified atom stereocenters. The van der Waals surface area contributed by atoms with Gasteiger partial charge in [-0.05, 0) is 0 Å². The number of aliphatic hydroxyl groups excluding tert-OH is 6. The molecule has 2 aromatic heterocycles. The normalized spacial score (nSPS) is 10.2. The number of hydrogen-bond acceptors (Lipinski definition) is 18. The first kappa shape index (κ1) is 24.6. The maximum atomic E-state index is 9.11. The average molecular weight is 432 g/mol. The summed E-state index contributed by atoms with van der Waals surface area (Å²) in [6, 6.07) is 0. The summed E-state index contributed by atoms with van der Waals surface area (Å²) in [6.45, 7) is -3.61. The van der Waals surface area contributed by atoms with Crippen LogP contribution in [0.3, 0.4) is 0 Å². The van der Waals surface area contributed by atoms with Gasteiger partial charge in [-0.1, -0.05) is 0 Å². The Morgan fingerprint density at radius 1 is 0.433 bits per heavy atom. The van der Waals surface area contributed by atoms with Crippen LogP contribution in [0.15, 0.2) is 0 Å². The van der Waals surface area contributed by atoms with Crippen molar-refractivity contribution in [2.24, 2.45) is 0 Å². The fourth-order valence-corrected chi connectivity index (χ4v) is 1.71. The molecule has 0 aromatic carbocycles. The summed E-state index contributed by atoms with van der Waals surface area (Å²) >= 11 is 0. The number of nitrogens with zero attached hydrogens (tertiary/aromatic N) is 9. The van der Waals surface area contributed by atoms with Crippen molar-refractivity contribution in [1.82, 2.24) is 29.9 Å². The highest BCUT2D eigenvalue weighted by atomic mass is 16.3. The van der Waals surface area contributed by atoms with E-state index in [0.29, 0.717) is 0 Å². The van der Waals surface area contributed by atoms with Crippen LogP contribution in [0.5, 0.6) is 0 Å². The van der Waals surface area contributed by atoms with E-state index in [-0.39, 0.29) is 35.7 Å². The molecule has 0 amide bonds. The SMILES string of the molecule is Nc1nc(N)nc(N)n1.OCN(CO)c1nc(N(CO)CO)nc(N(CO)CO)n1. The second-order valence-corrected chi connectivity index (χ2v) is 5.11. The molecule has 0 radical (unpaired) electrons. The monoisotopic (exact) mass is 432 g/mol. The van der Waals surface area contributed by atoms with Crippen LogP contribution in [-0.2, 0) is 0 Å². The van der Waals surface area contributed by atoms with Crippen LogP contribution in [0.25, 0.3) is 0 Å². The molecule has 168 valence electrons. The maximum Gasteiger partial charge on any atom is 0.235 e. The lowest BCUT2D eigenvalue weighted by molar-refractivity contribution is 0.214. The number of aliphatic hydroxyl groups is 6. The van der Waals surface area contributed by atoms with Gasteiger partial charge >= 0.3 is 0 Å². The van der Waals surface area contributed by atoms with Crippen LogP contribution in [0.4, 0.5) is 35.7 Å². The van der Waals surface area contributed by atoms with Gasteiger partial charge in [-0.2, -0.15) is 29.9 Å². The summed E-state index contributed by atoms with van der Waals surface area (Å²) in [5, 5.41) is 54.6. The van der Waals surface area contributed by atoms with Crippen LogP contribution in [0.1, 0.15) is 0 Å². The molecule has 0 spiro atoms. The topological polar surface area (TPSA) is 286 Å². The molecule has 0 aliphatic heterocycles. The molecule has 0 saturated heterocycles. The van der Waals surface area contributed by atoms with E-state index >= 15 is 0 Å². The maximum absolute atomic E-state index is 9.11. The Hall–Kier alpha value is -3.42. The summed E-state index contributed by atoms with van der Waals surface area (Å²) in [5.41, 5.74) is 15.4. The minimum Gasteiger partial charge on any atom is -0.376 e. The van der Waals surface area contributed by atoms with Gasteiger partial charge in [0, 0.05) is 0 Å². The molecule has 0 fully saturated rings. The third-order valence-electron chi connectivity index (χ3n) is 3.16. The first-order valence-corrected chi connectivity index (χ1v) is 8.01. The Bertz CT molecular complexity index is 649. The second kappa shape index (κ2) is 12.2. The number of anilines is 6. The van der Waals surface area contributed by atoms with Crippen molar-refractivity contribution in [3.63, 3.8) is 0 Å². The van der Waals surface area contributed by atoms with E-state index < -0.39 is 40.4 Å². The molecule has 0 aliphatic rings. The lowest BCUT2D eigenvalue weighted by Gasteiger charge is -2.24. The van der Waals surface area contributed by atoms with Crippen molar-refractivity contribution < 1.29 is 30.6 Å². The molecule has 18 nitrogen and oxygen atoms in total. The highest BCUT2D eigenvalue weighted by molar-refractivity contribution is 5.45. The van der Waals surface area contributed by atoms with E-state index in [1.54, 1.807) is 0 Å². The molecule has 2 heterocycles. The van der Waals surface area contributed by atoms with Gasteiger partial charge in [-0.25, -0.2) is 0 Å². The number of nitrogens with two attached hydrogens (primary N) is 3. The number of hydrogen-bond donors (Lipinski definition) is 9. The van der Waals surface area contributed by atoms with Crippen molar-refractivity contribution in [1.29, 1.82) is 0 Å². The van der Waals surface area contributed by atoms with Gasteiger partial charge in [0.1, 0.15) is 40.4 Å². The van der Waals surface area contributed by atoms with Crippen LogP contribution < -0.4 is 31.9 Å². The summed E-state index contributed by atoms with van der Waals surface area (Å²) in [7, 11) is 0. The van der Waals surface area contributed by atoms with Crippen LogP contribution in [-0.4, -0.2) is 101 Å². The molecule has 18 heteroatoms. The van der Waals surface area contributed by atoms with Crippen LogP contribution >= 0.6 is 0 Å². The molecular formula is C12H24N12O6. The van der Waals surface area contributed by atoms with E-state index in [0.717, 1.165) is 14.7 Å². The van der Waals surface area contributed by atoms with Gasteiger partial charge in [0.15, 0.2) is 0 Å². The van der Waals surface area contributed by atoms with Crippen molar-refractivity contribution in [3.8, 4) is 0 Å². The van der Waals surface area contributed by atoms with Gasteiger partial charge in [-0.15, -0.1) is 0 Å². The van der Waals surface area contributed by atoms with Crippen LogP contribution in [0, 0.1) is 0 Å². The lowest BCUT2D eigenvalue weighted by atomic mass is 10.6. The molecule has 30 heavy (non-hydrogen) atoms. The van der Waals surface area contributed by atoms with Crippen molar-refractivity contribution >= 4 is 35.7 Å². The highest BCUT2D eigenvalue weighted by Crippen LogP contribution is 2.18. The molecular weight excluding hydrogens is 408 g/mol. The van der Waals surface area contributed by atoms with E-state index in [1.807, 2.05) is 0 Å². The molecule has 0 saturated carbocycles. The number of nitrogen functional groups attached to an aromatic ring is 3. The Morgan fingerprint density at radius 3 is 0.800 bits per heavy atom. The number of rotatable bonds is 9. The van der Waals surface area contributed by atoms with Crippen LogP contribution in [0.2, 0.25) is 0 Å². The standard InChI is InChI=1S/C9H18N6O6.C3H6N6/c16-1-13(2-17)7-10-8(14(3-18)4-19)12-9(11-7)15(5-20)6-21;4-1-7-2(5)9-3(6)8-1/h16-21H,1-6H2;(H6,4,5,6,7,8,9). The van der Waals surface area contributed by atoms with E-state index in [2.05, 4.69) is 29.9 Å². The summed E-state index contributed by atoms with van der Waals surface area (Å²) in [6.07, 6.45) is 0. The first-order chi connectivity index (χ1) is 14.3. The fourth-order valence-electron chi connectivity index (χ4n) is 1.71. The zero-order chi connectivity index (χ0) is 22.7. The summed E-state index contributed by atoms with van der Waals surface area (Å²) < 4.78 is 0. The third-order valence-corrected chi connectivity index (χ3v) is 3.16. The number of aromatic nitrogens is 6. The van der Waals surface area contributed by atoms with Crippen molar-refractivity contribution in [2.45, 2.75) is 0 Å². The smallest absolute Gasteiger partial charge is 0.235 e. The summed E-state index contributed by atoms with van der Waals surface area (Å²) in [4.78, 5) is 24.9. The highest BCUT2D eigenvalue weighted by Gasteiger charge is 2.18. The lowest BCUT2D eigenvalue weighted by Crippen LogP contribution is -2.34. The average Bonchev–Trinajstić information content (AvgIpc) is 2.70. The predicted octanol–water partition coefficient (Wildman–Crippen LogP) is -5.39. The van der Waals surface area contributed by atoms with Gasteiger partial charge in [0.2, 0.25) is 35.7 Å². The van der Waals surface area contributed by atoms with E-state index in [4.69, 9.17) is 47.8 Å². The Morgan fingerprint density at radius 2 is 0.633 bits per heavy atom. The Labute approximate surface area is 169 Å². The van der Waals surface area contributed by atoms with Crippen molar-refractivity contribution in [2.75, 3.05) is 72.3 Å². The second-order valence-electron chi connectivity index (χ2n) is 5.11. The Balaban J connectivity index is 0.000000414. The quantitative estimate of drug-likeness (QED) is 0.167. The molecule has 0 aliphatic carbocycles. The van der Waals surface area contributed by atoms with E-state index in [1.165, 1.54) is 0 Å². The minimum absolute atomic E-state index is 0.0417. The molecule has 12 N–H and O–H groups in total. The van der Waals surface area contributed by atoms with Gasteiger partial charge in [0.25, 0.3) is 0 Å². The zero-order valence-corrected chi connectivity index (χ0v) is 15.7. The molecule has 2 rings (SSSR count). The molecule has 0 atom stereocenters. The first-order valence-electron chi connectivity index (χ1n) is 8.01. The largest absolute Gasteiger partial charge is 0.376 e.